The van der Waals surface area contributed by atoms with Crippen molar-refractivity contribution in [3.8, 4) is 11.6 Å². The summed E-state index contributed by atoms with van der Waals surface area (Å²) in [6, 6.07) is 9.42. The van der Waals surface area contributed by atoms with Crippen molar-refractivity contribution in [2.45, 2.75) is 27.0 Å². The van der Waals surface area contributed by atoms with Gasteiger partial charge in [-0.1, -0.05) is 19.1 Å². The molecule has 0 unspecified atom stereocenters. The van der Waals surface area contributed by atoms with Crippen molar-refractivity contribution in [2.75, 3.05) is 6.54 Å². The highest BCUT2D eigenvalue weighted by Crippen LogP contribution is 2.23. The third-order valence-electron chi connectivity index (χ3n) is 2.99. The Morgan fingerprint density at radius 3 is 2.55 bits per heavy atom. The molecule has 106 valence electrons. The minimum atomic E-state index is 0.0384. The van der Waals surface area contributed by atoms with Crippen LogP contribution in [0, 0.1) is 6.92 Å². The molecule has 0 aliphatic heterocycles. The van der Waals surface area contributed by atoms with Crippen LogP contribution in [-0.2, 0) is 13.2 Å². The molecular weight excluding hydrogens is 252 g/mol. The number of pyridine rings is 1. The fourth-order valence-electron chi connectivity index (χ4n) is 1.87. The van der Waals surface area contributed by atoms with Crippen LogP contribution in [0.2, 0.25) is 0 Å². The van der Waals surface area contributed by atoms with E-state index in [-0.39, 0.29) is 6.61 Å². The zero-order valence-electron chi connectivity index (χ0n) is 11.9. The van der Waals surface area contributed by atoms with Gasteiger partial charge in [0.2, 0.25) is 5.88 Å². The third-order valence-corrected chi connectivity index (χ3v) is 2.99. The van der Waals surface area contributed by atoms with E-state index in [1.807, 2.05) is 37.4 Å². The van der Waals surface area contributed by atoms with E-state index in [1.54, 1.807) is 0 Å². The van der Waals surface area contributed by atoms with Crippen molar-refractivity contribution in [2.24, 2.45) is 0 Å². The summed E-state index contributed by atoms with van der Waals surface area (Å²) in [7, 11) is 0. The number of aryl methyl sites for hydroxylation is 1. The molecule has 4 nitrogen and oxygen atoms in total. The van der Waals surface area contributed by atoms with Crippen LogP contribution in [0.3, 0.4) is 0 Å². The molecule has 2 aromatic rings. The van der Waals surface area contributed by atoms with Gasteiger partial charge in [-0.05, 0) is 42.8 Å². The molecule has 0 saturated heterocycles. The zero-order valence-corrected chi connectivity index (χ0v) is 11.9. The second-order valence-corrected chi connectivity index (χ2v) is 4.65. The first-order valence-corrected chi connectivity index (χ1v) is 6.76. The molecule has 0 radical (unpaired) electrons. The summed E-state index contributed by atoms with van der Waals surface area (Å²) in [6.07, 6.45) is 1.83. The van der Waals surface area contributed by atoms with Crippen molar-refractivity contribution in [1.29, 1.82) is 0 Å². The van der Waals surface area contributed by atoms with E-state index in [1.165, 1.54) is 0 Å². The molecular formula is C16H20N2O2. The lowest BCUT2D eigenvalue weighted by atomic mass is 10.2. The van der Waals surface area contributed by atoms with Crippen molar-refractivity contribution in [3.63, 3.8) is 0 Å². The summed E-state index contributed by atoms with van der Waals surface area (Å²) >= 11 is 0. The van der Waals surface area contributed by atoms with Crippen LogP contribution in [-0.4, -0.2) is 16.6 Å². The van der Waals surface area contributed by atoms with Crippen LogP contribution in [0.5, 0.6) is 11.6 Å². The number of hydrogen-bond donors (Lipinski definition) is 2. The molecule has 4 heteroatoms. The smallest absolute Gasteiger partial charge is 0.222 e. The maximum absolute atomic E-state index is 9.00. The van der Waals surface area contributed by atoms with E-state index in [2.05, 4.69) is 23.3 Å². The van der Waals surface area contributed by atoms with Gasteiger partial charge in [-0.15, -0.1) is 0 Å². The SMILES string of the molecule is CCNCc1cnc(Oc2ccc(CO)cc2)c(C)c1. The molecule has 0 spiro atoms. The number of ether oxygens (including phenoxy) is 1. The number of nitrogens with one attached hydrogen (secondary N) is 1. The molecule has 0 amide bonds. The van der Waals surface area contributed by atoms with Gasteiger partial charge in [-0.3, -0.25) is 0 Å². The van der Waals surface area contributed by atoms with Gasteiger partial charge in [-0.2, -0.15) is 0 Å². The lowest BCUT2D eigenvalue weighted by Gasteiger charge is -2.10. The highest BCUT2D eigenvalue weighted by Gasteiger charge is 2.04. The molecule has 2 rings (SSSR count). The number of hydrogen-bond acceptors (Lipinski definition) is 4. The first-order valence-electron chi connectivity index (χ1n) is 6.76. The Hall–Kier alpha value is -1.91. The third kappa shape index (κ3) is 3.79. The number of aliphatic hydroxyl groups excluding tert-OH is 1. The van der Waals surface area contributed by atoms with Crippen LogP contribution in [0.15, 0.2) is 36.5 Å². The summed E-state index contributed by atoms with van der Waals surface area (Å²) in [5, 5.41) is 12.3. The summed E-state index contributed by atoms with van der Waals surface area (Å²) in [5.74, 6) is 1.33. The average Bonchev–Trinajstić information content (AvgIpc) is 2.48. The Kier molecular flexibility index (Phi) is 5.09. The molecule has 0 bridgehead atoms. The minimum absolute atomic E-state index is 0.0384. The van der Waals surface area contributed by atoms with Gasteiger partial charge >= 0.3 is 0 Å². The average molecular weight is 272 g/mol. The summed E-state index contributed by atoms with van der Waals surface area (Å²) in [5.41, 5.74) is 3.02. The highest BCUT2D eigenvalue weighted by molar-refractivity contribution is 5.34. The summed E-state index contributed by atoms with van der Waals surface area (Å²) in [4.78, 5) is 4.36. The molecule has 0 saturated carbocycles. The number of rotatable bonds is 6. The van der Waals surface area contributed by atoms with Crippen molar-refractivity contribution in [1.82, 2.24) is 10.3 Å². The van der Waals surface area contributed by atoms with Crippen LogP contribution >= 0.6 is 0 Å². The van der Waals surface area contributed by atoms with Gasteiger partial charge in [0.25, 0.3) is 0 Å². The van der Waals surface area contributed by atoms with Crippen molar-refractivity contribution < 1.29 is 9.84 Å². The number of nitrogens with zero attached hydrogens (tertiary/aromatic N) is 1. The van der Waals surface area contributed by atoms with Gasteiger partial charge < -0.3 is 15.2 Å². The fraction of sp³-hybridized carbons (Fsp3) is 0.312. The second-order valence-electron chi connectivity index (χ2n) is 4.65. The Bertz CT molecular complexity index is 553. The molecule has 1 aromatic heterocycles. The van der Waals surface area contributed by atoms with Crippen LogP contribution in [0.1, 0.15) is 23.6 Å². The largest absolute Gasteiger partial charge is 0.439 e. The van der Waals surface area contributed by atoms with E-state index < -0.39 is 0 Å². The second kappa shape index (κ2) is 7.03. The van der Waals surface area contributed by atoms with Gasteiger partial charge in [0.15, 0.2) is 0 Å². The molecule has 0 aliphatic carbocycles. The maximum atomic E-state index is 9.00. The summed E-state index contributed by atoms with van der Waals surface area (Å²) < 4.78 is 5.75. The highest BCUT2D eigenvalue weighted by atomic mass is 16.5. The number of aromatic nitrogens is 1. The van der Waals surface area contributed by atoms with Crippen molar-refractivity contribution in [3.05, 3.63) is 53.2 Å². The first-order chi connectivity index (χ1) is 9.72. The first kappa shape index (κ1) is 14.5. The van der Waals surface area contributed by atoms with Crippen LogP contribution in [0.4, 0.5) is 0 Å². The minimum Gasteiger partial charge on any atom is -0.439 e. The molecule has 0 fully saturated rings. The van der Waals surface area contributed by atoms with E-state index in [0.717, 1.165) is 35.5 Å². The maximum Gasteiger partial charge on any atom is 0.222 e. The Balaban J connectivity index is 2.08. The molecule has 2 N–H and O–H groups in total. The lowest BCUT2D eigenvalue weighted by Crippen LogP contribution is -2.12. The van der Waals surface area contributed by atoms with Gasteiger partial charge in [0.05, 0.1) is 6.61 Å². The van der Waals surface area contributed by atoms with Crippen LogP contribution < -0.4 is 10.1 Å². The monoisotopic (exact) mass is 272 g/mol. The standard InChI is InChI=1S/C16H20N2O2/c1-3-17-9-14-8-12(2)16(18-10-14)20-15-6-4-13(11-19)5-7-15/h4-8,10,17,19H,3,9,11H2,1-2H3. The van der Waals surface area contributed by atoms with Gasteiger partial charge in [0, 0.05) is 18.3 Å². The molecule has 20 heavy (non-hydrogen) atoms. The van der Waals surface area contributed by atoms with E-state index in [4.69, 9.17) is 9.84 Å². The molecule has 0 aliphatic rings. The number of aliphatic hydroxyl groups is 1. The number of benzene rings is 1. The van der Waals surface area contributed by atoms with E-state index in [9.17, 15) is 0 Å². The summed E-state index contributed by atoms with van der Waals surface area (Å²) in [6.45, 7) is 5.86. The van der Waals surface area contributed by atoms with Crippen LogP contribution in [0.25, 0.3) is 0 Å². The van der Waals surface area contributed by atoms with E-state index in [0.29, 0.717) is 5.88 Å². The molecule has 1 heterocycles. The lowest BCUT2D eigenvalue weighted by molar-refractivity contribution is 0.281. The van der Waals surface area contributed by atoms with E-state index >= 15 is 0 Å². The van der Waals surface area contributed by atoms with Gasteiger partial charge in [-0.25, -0.2) is 4.98 Å². The topological polar surface area (TPSA) is 54.4 Å². The zero-order chi connectivity index (χ0) is 14.4. The predicted octanol–water partition coefficient (Wildman–Crippen LogP) is 2.78. The van der Waals surface area contributed by atoms with Gasteiger partial charge in [0.1, 0.15) is 5.75 Å². The normalized spacial score (nSPS) is 10.6. The predicted molar refractivity (Wildman–Crippen MR) is 78.8 cm³/mol. The Labute approximate surface area is 119 Å². The fourth-order valence-corrected chi connectivity index (χ4v) is 1.87. The molecule has 0 atom stereocenters. The molecule has 1 aromatic carbocycles. The van der Waals surface area contributed by atoms with Crippen molar-refractivity contribution >= 4 is 0 Å². The quantitative estimate of drug-likeness (QED) is 0.849. The Morgan fingerprint density at radius 1 is 1.20 bits per heavy atom. The Morgan fingerprint density at radius 2 is 1.95 bits per heavy atom.